The Morgan fingerprint density at radius 2 is 1.30 bits per heavy atom. The number of carbonyl (C=O) groups excluding carboxylic acids is 1. The summed E-state index contributed by atoms with van der Waals surface area (Å²) in [7, 11) is 0. The Kier molecular flexibility index (Phi) is 9.42. The minimum Gasteiger partial charge on any atom is -0.323 e. The van der Waals surface area contributed by atoms with Crippen molar-refractivity contribution in [1.29, 1.82) is 0 Å². The van der Waals surface area contributed by atoms with E-state index >= 15 is 0 Å². The Morgan fingerprint density at radius 3 is 1.84 bits per heavy atom. The van der Waals surface area contributed by atoms with Gasteiger partial charge >= 0.3 is 0 Å². The predicted molar refractivity (Wildman–Crippen MR) is 151 cm³/mol. The second kappa shape index (κ2) is 13.4. The zero-order valence-electron chi connectivity index (χ0n) is 21.4. The molecular weight excluding hydrogens is 457 g/mol. The van der Waals surface area contributed by atoms with E-state index in [0.29, 0.717) is 12.1 Å². The summed E-state index contributed by atoms with van der Waals surface area (Å²) >= 11 is 0. The molecule has 0 heterocycles. The lowest BCUT2D eigenvalue weighted by molar-refractivity contribution is 0.0723. The molecule has 2 nitrogen and oxygen atoms in total. The minimum atomic E-state index is -0.352. The first-order valence-electron chi connectivity index (χ1n) is 13.1. The Bertz CT molecular complexity index is 1230. The first kappa shape index (κ1) is 26.1. The molecule has 0 saturated carbocycles. The standard InChI is InChI=1S/C34H34FNO/c1-2-3-7-16-28(25-27-14-8-4-9-15-27)26-36(34(37)31-21-23-32(35)24-22-31)33(29-17-10-5-11-18-29)30-19-12-6-13-20-30/h4-6,8-15,17-25,33H,2-3,7,16,26H2,1H3/b28-25-. The molecule has 0 aliphatic carbocycles. The Morgan fingerprint density at radius 1 is 0.757 bits per heavy atom. The summed E-state index contributed by atoms with van der Waals surface area (Å²) in [4.78, 5) is 16.1. The molecule has 0 saturated heterocycles. The summed E-state index contributed by atoms with van der Waals surface area (Å²) < 4.78 is 13.7. The second-order valence-corrected chi connectivity index (χ2v) is 9.33. The van der Waals surface area contributed by atoms with Gasteiger partial charge < -0.3 is 4.90 Å². The topological polar surface area (TPSA) is 20.3 Å². The van der Waals surface area contributed by atoms with Gasteiger partial charge in [0.05, 0.1) is 6.04 Å². The van der Waals surface area contributed by atoms with Crippen molar-refractivity contribution in [2.24, 2.45) is 0 Å². The number of unbranched alkanes of at least 4 members (excludes halogenated alkanes) is 2. The van der Waals surface area contributed by atoms with Crippen LogP contribution in [0.3, 0.4) is 0 Å². The van der Waals surface area contributed by atoms with E-state index in [1.54, 1.807) is 12.1 Å². The SMILES string of the molecule is CCCCC/C(=C/c1ccccc1)CN(C(=O)c1ccc(F)cc1)C(c1ccccc1)c1ccccc1. The Labute approximate surface area is 220 Å². The van der Waals surface area contributed by atoms with Gasteiger partial charge in [-0.05, 0) is 53.8 Å². The fourth-order valence-corrected chi connectivity index (χ4v) is 4.66. The van der Waals surface area contributed by atoms with Gasteiger partial charge in [0.2, 0.25) is 0 Å². The molecule has 0 aliphatic heterocycles. The van der Waals surface area contributed by atoms with Crippen LogP contribution in [-0.2, 0) is 0 Å². The van der Waals surface area contributed by atoms with Crippen molar-refractivity contribution < 1.29 is 9.18 Å². The van der Waals surface area contributed by atoms with Gasteiger partial charge in [-0.15, -0.1) is 0 Å². The third kappa shape index (κ3) is 7.27. The summed E-state index contributed by atoms with van der Waals surface area (Å²) in [6.45, 7) is 2.68. The molecular formula is C34H34FNO. The minimum absolute atomic E-state index is 0.118. The number of benzene rings is 4. The van der Waals surface area contributed by atoms with Crippen LogP contribution in [0.15, 0.2) is 121 Å². The van der Waals surface area contributed by atoms with Gasteiger partial charge in [0.1, 0.15) is 5.82 Å². The van der Waals surface area contributed by atoms with Crippen molar-refractivity contribution in [3.8, 4) is 0 Å². The first-order valence-corrected chi connectivity index (χ1v) is 13.1. The van der Waals surface area contributed by atoms with Gasteiger partial charge in [0.15, 0.2) is 0 Å². The van der Waals surface area contributed by atoms with E-state index in [9.17, 15) is 9.18 Å². The van der Waals surface area contributed by atoms with E-state index in [1.165, 1.54) is 17.7 Å². The number of halogens is 1. The molecule has 0 unspecified atom stereocenters. The maximum Gasteiger partial charge on any atom is 0.254 e. The van der Waals surface area contributed by atoms with Crippen LogP contribution in [0.5, 0.6) is 0 Å². The molecule has 188 valence electrons. The smallest absolute Gasteiger partial charge is 0.254 e. The maximum atomic E-state index is 14.1. The van der Waals surface area contributed by atoms with E-state index < -0.39 is 0 Å². The molecule has 4 aromatic rings. The maximum absolute atomic E-state index is 14.1. The van der Waals surface area contributed by atoms with Crippen LogP contribution in [0.1, 0.15) is 65.7 Å². The average Bonchev–Trinajstić information content (AvgIpc) is 2.94. The third-order valence-corrected chi connectivity index (χ3v) is 6.54. The highest BCUT2D eigenvalue weighted by Gasteiger charge is 2.28. The number of hydrogen-bond donors (Lipinski definition) is 0. The van der Waals surface area contributed by atoms with Crippen molar-refractivity contribution in [1.82, 2.24) is 4.90 Å². The fraction of sp³-hybridized carbons (Fsp3) is 0.206. The van der Waals surface area contributed by atoms with Crippen molar-refractivity contribution in [2.75, 3.05) is 6.54 Å². The van der Waals surface area contributed by atoms with Gasteiger partial charge in [-0.25, -0.2) is 4.39 Å². The summed E-state index contributed by atoms with van der Waals surface area (Å²) in [5.41, 5.74) is 4.88. The van der Waals surface area contributed by atoms with Gasteiger partial charge in [-0.1, -0.05) is 122 Å². The summed E-state index contributed by atoms with van der Waals surface area (Å²) in [5, 5.41) is 0. The fourth-order valence-electron chi connectivity index (χ4n) is 4.66. The normalized spacial score (nSPS) is 11.5. The molecule has 0 radical (unpaired) electrons. The number of carbonyl (C=O) groups is 1. The second-order valence-electron chi connectivity index (χ2n) is 9.33. The van der Waals surface area contributed by atoms with E-state index in [2.05, 4.69) is 49.4 Å². The molecule has 0 spiro atoms. The van der Waals surface area contributed by atoms with E-state index in [4.69, 9.17) is 0 Å². The van der Waals surface area contributed by atoms with Crippen LogP contribution in [0, 0.1) is 5.82 Å². The highest BCUT2D eigenvalue weighted by atomic mass is 19.1. The van der Waals surface area contributed by atoms with Gasteiger partial charge in [0.25, 0.3) is 5.91 Å². The number of amides is 1. The first-order chi connectivity index (χ1) is 18.2. The zero-order chi connectivity index (χ0) is 25.9. The summed E-state index contributed by atoms with van der Waals surface area (Å²) in [6.07, 6.45) is 6.46. The van der Waals surface area contributed by atoms with Crippen molar-refractivity contribution in [2.45, 2.75) is 38.6 Å². The van der Waals surface area contributed by atoms with Crippen LogP contribution in [0.25, 0.3) is 6.08 Å². The van der Waals surface area contributed by atoms with E-state index in [-0.39, 0.29) is 17.8 Å². The average molecular weight is 492 g/mol. The highest BCUT2D eigenvalue weighted by molar-refractivity contribution is 5.95. The lowest BCUT2D eigenvalue weighted by Crippen LogP contribution is -2.37. The molecule has 1 amide bonds. The van der Waals surface area contributed by atoms with Gasteiger partial charge in [-0.3, -0.25) is 4.79 Å². The quantitative estimate of drug-likeness (QED) is 0.192. The highest BCUT2D eigenvalue weighted by Crippen LogP contribution is 2.32. The van der Waals surface area contributed by atoms with Crippen LogP contribution in [0.4, 0.5) is 4.39 Å². The monoisotopic (exact) mass is 491 g/mol. The predicted octanol–water partition coefficient (Wildman–Crippen LogP) is 8.72. The molecule has 0 N–H and O–H groups in total. The lowest BCUT2D eigenvalue weighted by atomic mass is 9.94. The molecule has 4 aromatic carbocycles. The Hall–Kier alpha value is -3.98. The molecule has 0 aliphatic rings. The molecule has 0 atom stereocenters. The molecule has 37 heavy (non-hydrogen) atoms. The summed E-state index contributed by atoms with van der Waals surface area (Å²) in [6, 6.07) is 36.1. The van der Waals surface area contributed by atoms with Crippen LogP contribution < -0.4 is 0 Å². The van der Waals surface area contributed by atoms with E-state index in [0.717, 1.165) is 42.4 Å². The molecule has 0 fully saturated rings. The van der Waals surface area contributed by atoms with Crippen LogP contribution in [-0.4, -0.2) is 17.4 Å². The third-order valence-electron chi connectivity index (χ3n) is 6.54. The lowest BCUT2D eigenvalue weighted by Gasteiger charge is -2.34. The van der Waals surface area contributed by atoms with Crippen molar-refractivity contribution >= 4 is 12.0 Å². The Balaban J connectivity index is 1.81. The van der Waals surface area contributed by atoms with Crippen molar-refractivity contribution in [3.05, 3.63) is 149 Å². The number of hydrogen-bond acceptors (Lipinski definition) is 1. The largest absolute Gasteiger partial charge is 0.323 e. The summed E-state index contributed by atoms with van der Waals surface area (Å²) in [5.74, 6) is -0.470. The molecule has 4 rings (SSSR count). The van der Waals surface area contributed by atoms with Crippen LogP contribution in [0.2, 0.25) is 0 Å². The molecule has 0 aromatic heterocycles. The molecule has 3 heteroatoms. The van der Waals surface area contributed by atoms with E-state index in [1.807, 2.05) is 59.5 Å². The zero-order valence-corrected chi connectivity index (χ0v) is 21.4. The van der Waals surface area contributed by atoms with Gasteiger partial charge in [-0.2, -0.15) is 0 Å². The van der Waals surface area contributed by atoms with Crippen LogP contribution >= 0.6 is 0 Å². The molecule has 0 bridgehead atoms. The van der Waals surface area contributed by atoms with Gasteiger partial charge in [0, 0.05) is 12.1 Å². The number of nitrogens with zero attached hydrogens (tertiary/aromatic N) is 1. The van der Waals surface area contributed by atoms with Crippen molar-refractivity contribution in [3.63, 3.8) is 0 Å². The number of rotatable bonds is 11.